The lowest BCUT2D eigenvalue weighted by Crippen LogP contribution is -2.35. The number of rotatable bonds is 0. The van der Waals surface area contributed by atoms with Gasteiger partial charge in [-0.2, -0.15) is 0 Å². The van der Waals surface area contributed by atoms with Crippen LogP contribution in [0.2, 0.25) is 18.1 Å². The number of epoxide rings is 1. The van der Waals surface area contributed by atoms with Crippen LogP contribution in [0.1, 0.15) is 20.8 Å². The average Bonchev–Trinajstić information content (AvgIpc) is 2.62. The zero-order chi connectivity index (χ0) is 9.41. The molecule has 0 unspecified atom stereocenters. The fourth-order valence-corrected chi connectivity index (χ4v) is 1.48. The Hall–Kier alpha value is -0.263. The Morgan fingerprint density at radius 3 is 2.17 bits per heavy atom. The Kier molecular flexibility index (Phi) is 2.37. The lowest BCUT2D eigenvalue weighted by Gasteiger charge is -2.31. The summed E-state index contributed by atoms with van der Waals surface area (Å²) < 4.78 is 5.07. The molecule has 1 aliphatic heterocycles. The molecule has 0 aromatic rings. The van der Waals surface area contributed by atoms with Crippen molar-refractivity contribution in [2.45, 2.75) is 45.0 Å². The second kappa shape index (κ2) is 2.90. The topological polar surface area (TPSA) is 12.5 Å². The minimum absolute atomic E-state index is 0.263. The van der Waals surface area contributed by atoms with Crippen LogP contribution < -0.4 is 0 Å². The zero-order valence-electron chi connectivity index (χ0n) is 8.69. The molecular formula is C10H18OSi. The van der Waals surface area contributed by atoms with Crippen LogP contribution in [0, 0.1) is 11.5 Å². The van der Waals surface area contributed by atoms with E-state index in [1.54, 1.807) is 0 Å². The van der Waals surface area contributed by atoms with Crippen LogP contribution in [0.5, 0.6) is 0 Å². The Morgan fingerprint density at radius 1 is 1.33 bits per heavy atom. The third-order valence-electron chi connectivity index (χ3n) is 2.75. The minimum Gasteiger partial charge on any atom is -0.359 e. The predicted molar refractivity (Wildman–Crippen MR) is 54.7 cm³/mol. The quantitative estimate of drug-likeness (QED) is 0.318. The van der Waals surface area contributed by atoms with Gasteiger partial charge in [0.2, 0.25) is 0 Å². The summed E-state index contributed by atoms with van der Waals surface area (Å²) in [6, 6.07) is 0. The first-order valence-corrected chi connectivity index (χ1v) is 7.47. The highest BCUT2D eigenvalue weighted by Gasteiger charge is 2.34. The van der Waals surface area contributed by atoms with Gasteiger partial charge in [-0.3, -0.25) is 0 Å². The third-order valence-corrected chi connectivity index (χ3v) is 7.27. The van der Waals surface area contributed by atoms with Gasteiger partial charge in [0.05, 0.1) is 6.61 Å². The van der Waals surface area contributed by atoms with Gasteiger partial charge in [0.1, 0.15) is 14.2 Å². The monoisotopic (exact) mass is 182 g/mol. The highest BCUT2D eigenvalue weighted by atomic mass is 28.3. The number of hydrogen-bond acceptors (Lipinski definition) is 1. The molecule has 0 aromatic heterocycles. The van der Waals surface area contributed by atoms with E-state index in [0.717, 1.165) is 6.61 Å². The van der Waals surface area contributed by atoms with Gasteiger partial charge in [-0.25, -0.2) is 0 Å². The Labute approximate surface area is 76.5 Å². The predicted octanol–water partition coefficient (Wildman–Crippen LogP) is 2.44. The van der Waals surface area contributed by atoms with Gasteiger partial charge in [-0.15, -0.1) is 5.54 Å². The molecule has 0 saturated carbocycles. The van der Waals surface area contributed by atoms with Crippen LogP contribution in [-0.2, 0) is 4.74 Å². The summed E-state index contributed by atoms with van der Waals surface area (Å²) in [6.07, 6.45) is 0.263. The lowest BCUT2D eigenvalue weighted by atomic mass is 10.2. The van der Waals surface area contributed by atoms with Crippen LogP contribution >= 0.6 is 0 Å². The van der Waals surface area contributed by atoms with Gasteiger partial charge in [-0.1, -0.05) is 39.8 Å². The van der Waals surface area contributed by atoms with Crippen molar-refractivity contribution >= 4 is 8.07 Å². The summed E-state index contributed by atoms with van der Waals surface area (Å²) >= 11 is 0. The Morgan fingerprint density at radius 2 is 1.83 bits per heavy atom. The molecule has 1 saturated heterocycles. The standard InChI is InChI=1S/C10H18OSi/c1-10(2,3)12(4,5)7-6-9-8-11-9/h9H,8H2,1-5H3/t9-/m1/s1. The second-order valence-corrected chi connectivity index (χ2v) is 9.97. The summed E-state index contributed by atoms with van der Waals surface area (Å²) in [5, 5.41) is 0.370. The van der Waals surface area contributed by atoms with E-state index < -0.39 is 8.07 Å². The largest absolute Gasteiger partial charge is 0.359 e. The molecule has 0 N–H and O–H groups in total. The minimum atomic E-state index is -1.37. The third kappa shape index (κ3) is 2.36. The van der Waals surface area contributed by atoms with E-state index >= 15 is 0 Å². The van der Waals surface area contributed by atoms with Crippen LogP contribution in [0.15, 0.2) is 0 Å². The van der Waals surface area contributed by atoms with E-state index in [1.807, 2.05) is 0 Å². The van der Waals surface area contributed by atoms with Crippen molar-refractivity contribution in [2.75, 3.05) is 6.61 Å². The van der Waals surface area contributed by atoms with Crippen LogP contribution in [0.25, 0.3) is 0 Å². The Balaban J connectivity index is 2.65. The highest BCUT2D eigenvalue weighted by molar-refractivity contribution is 6.87. The van der Waals surface area contributed by atoms with E-state index in [2.05, 4.69) is 45.3 Å². The van der Waals surface area contributed by atoms with Crippen molar-refractivity contribution in [1.82, 2.24) is 0 Å². The highest BCUT2D eigenvalue weighted by Crippen LogP contribution is 2.35. The molecule has 1 rings (SSSR count). The second-order valence-electron chi connectivity index (χ2n) is 4.97. The fraction of sp³-hybridized carbons (Fsp3) is 0.800. The van der Waals surface area contributed by atoms with Gasteiger partial charge in [0.15, 0.2) is 0 Å². The molecule has 1 atom stereocenters. The molecule has 0 bridgehead atoms. The molecule has 68 valence electrons. The number of ether oxygens (including phenoxy) is 1. The SMILES string of the molecule is CC(C)(C)[Si](C)(C)C#C[C@@H]1CO1. The maximum absolute atomic E-state index is 5.07. The van der Waals surface area contributed by atoms with Crippen LogP contribution in [0.4, 0.5) is 0 Å². The van der Waals surface area contributed by atoms with Gasteiger partial charge >= 0.3 is 0 Å². The van der Waals surface area contributed by atoms with E-state index in [4.69, 9.17) is 4.74 Å². The van der Waals surface area contributed by atoms with Crippen molar-refractivity contribution in [1.29, 1.82) is 0 Å². The van der Waals surface area contributed by atoms with Crippen LogP contribution in [-0.4, -0.2) is 20.8 Å². The molecule has 0 amide bonds. The van der Waals surface area contributed by atoms with Gasteiger partial charge < -0.3 is 4.74 Å². The van der Waals surface area contributed by atoms with Crippen molar-refractivity contribution in [3.05, 3.63) is 0 Å². The lowest BCUT2D eigenvalue weighted by molar-refractivity contribution is 0.445. The average molecular weight is 182 g/mol. The molecular weight excluding hydrogens is 164 g/mol. The normalized spacial score (nSPS) is 22.9. The molecule has 0 aliphatic carbocycles. The molecule has 1 aliphatic rings. The van der Waals surface area contributed by atoms with E-state index in [-0.39, 0.29) is 6.10 Å². The first kappa shape index (κ1) is 9.82. The summed E-state index contributed by atoms with van der Waals surface area (Å²) in [6.45, 7) is 12.3. The molecule has 2 heteroatoms. The number of hydrogen-bond donors (Lipinski definition) is 0. The summed E-state index contributed by atoms with van der Waals surface area (Å²) in [4.78, 5) is 0. The van der Waals surface area contributed by atoms with Crippen molar-refractivity contribution in [3.8, 4) is 11.5 Å². The molecule has 1 nitrogen and oxygen atoms in total. The fourth-order valence-electron chi connectivity index (χ4n) is 0.580. The summed E-state index contributed by atoms with van der Waals surface area (Å²) in [7, 11) is -1.37. The zero-order valence-corrected chi connectivity index (χ0v) is 9.69. The van der Waals surface area contributed by atoms with E-state index in [9.17, 15) is 0 Å². The maximum Gasteiger partial charge on any atom is 0.141 e. The van der Waals surface area contributed by atoms with E-state index in [0.29, 0.717) is 5.04 Å². The molecule has 0 aromatic carbocycles. The first-order valence-electron chi connectivity index (χ1n) is 4.47. The van der Waals surface area contributed by atoms with Crippen molar-refractivity contribution in [3.63, 3.8) is 0 Å². The van der Waals surface area contributed by atoms with Gasteiger partial charge in [-0.05, 0) is 5.04 Å². The van der Waals surface area contributed by atoms with Crippen molar-refractivity contribution in [2.24, 2.45) is 0 Å². The summed E-state index contributed by atoms with van der Waals surface area (Å²) in [5.41, 5.74) is 3.42. The molecule has 1 fully saturated rings. The smallest absolute Gasteiger partial charge is 0.141 e. The van der Waals surface area contributed by atoms with E-state index in [1.165, 1.54) is 0 Å². The van der Waals surface area contributed by atoms with Gasteiger partial charge in [0.25, 0.3) is 0 Å². The molecule has 0 radical (unpaired) electrons. The van der Waals surface area contributed by atoms with Gasteiger partial charge in [0, 0.05) is 0 Å². The molecule has 1 heterocycles. The molecule has 0 spiro atoms. The van der Waals surface area contributed by atoms with Crippen molar-refractivity contribution < 1.29 is 4.74 Å². The first-order chi connectivity index (χ1) is 5.33. The Bertz CT molecular complexity index is 222. The molecule has 12 heavy (non-hydrogen) atoms. The van der Waals surface area contributed by atoms with Crippen LogP contribution in [0.3, 0.4) is 0 Å². The maximum atomic E-state index is 5.07. The summed E-state index contributed by atoms with van der Waals surface area (Å²) in [5.74, 6) is 3.19.